The number of hydrogen-bond donors (Lipinski definition) is 0. The maximum absolute atomic E-state index is 12.6. The lowest BCUT2D eigenvalue weighted by Crippen LogP contribution is -2.25. The fourth-order valence-electron chi connectivity index (χ4n) is 4.84. The SMILES string of the molecule is CCCC[C@H]1C[C@@H]2CC=CC[C@H]2[C@@H]1COC(=O)c1cc([N+](=O)[O-])cc([N+](=O)[O-])c1. The first-order valence-corrected chi connectivity index (χ1v) is 10.2. The Morgan fingerprint density at radius 1 is 1.10 bits per heavy atom. The fraction of sp³-hybridized carbons (Fsp3) is 0.571. The van der Waals surface area contributed by atoms with Gasteiger partial charge in [0, 0.05) is 12.1 Å². The molecule has 0 amide bonds. The Kier molecular flexibility index (Phi) is 6.61. The molecule has 1 fully saturated rings. The maximum Gasteiger partial charge on any atom is 0.338 e. The van der Waals surface area contributed by atoms with Crippen molar-refractivity contribution in [2.24, 2.45) is 23.7 Å². The third-order valence-corrected chi connectivity index (χ3v) is 6.28. The first-order chi connectivity index (χ1) is 13.9. The summed E-state index contributed by atoms with van der Waals surface area (Å²) in [6.45, 7) is 2.41. The molecule has 29 heavy (non-hydrogen) atoms. The molecule has 1 aromatic carbocycles. The van der Waals surface area contributed by atoms with E-state index in [0.717, 1.165) is 56.7 Å². The van der Waals surface area contributed by atoms with Gasteiger partial charge in [0.05, 0.1) is 28.1 Å². The van der Waals surface area contributed by atoms with E-state index in [2.05, 4.69) is 19.1 Å². The summed E-state index contributed by atoms with van der Waals surface area (Å²) in [6.07, 6.45) is 11.0. The summed E-state index contributed by atoms with van der Waals surface area (Å²) in [5.41, 5.74) is -1.15. The molecule has 2 aliphatic carbocycles. The van der Waals surface area contributed by atoms with E-state index in [4.69, 9.17) is 4.74 Å². The van der Waals surface area contributed by atoms with Crippen molar-refractivity contribution in [3.63, 3.8) is 0 Å². The topological polar surface area (TPSA) is 113 Å². The highest BCUT2D eigenvalue weighted by Gasteiger charge is 2.43. The molecule has 156 valence electrons. The van der Waals surface area contributed by atoms with Gasteiger partial charge in [-0.15, -0.1) is 0 Å². The summed E-state index contributed by atoms with van der Waals surface area (Å²) in [5, 5.41) is 22.1. The molecule has 2 aliphatic rings. The van der Waals surface area contributed by atoms with Gasteiger partial charge in [0.15, 0.2) is 0 Å². The maximum atomic E-state index is 12.6. The quantitative estimate of drug-likeness (QED) is 0.260. The average Bonchev–Trinajstić information content (AvgIpc) is 3.07. The number of esters is 1. The van der Waals surface area contributed by atoms with Crippen LogP contribution in [0, 0.1) is 43.9 Å². The van der Waals surface area contributed by atoms with Crippen molar-refractivity contribution in [2.75, 3.05) is 6.61 Å². The Labute approximate surface area is 169 Å². The number of rotatable bonds is 8. The largest absolute Gasteiger partial charge is 0.462 e. The van der Waals surface area contributed by atoms with Gasteiger partial charge < -0.3 is 4.74 Å². The van der Waals surface area contributed by atoms with Crippen molar-refractivity contribution in [2.45, 2.75) is 45.4 Å². The second-order valence-electron chi connectivity index (χ2n) is 8.02. The molecule has 8 heteroatoms. The van der Waals surface area contributed by atoms with E-state index in [0.29, 0.717) is 17.8 Å². The number of nitrogens with zero attached hydrogens (tertiary/aromatic N) is 2. The smallest absolute Gasteiger partial charge is 0.338 e. The molecule has 1 aromatic rings. The zero-order valence-corrected chi connectivity index (χ0v) is 16.5. The van der Waals surface area contributed by atoms with Gasteiger partial charge in [-0.1, -0.05) is 38.3 Å². The summed E-state index contributed by atoms with van der Waals surface area (Å²) >= 11 is 0. The van der Waals surface area contributed by atoms with Gasteiger partial charge in [0.25, 0.3) is 11.4 Å². The van der Waals surface area contributed by atoms with E-state index in [-0.39, 0.29) is 18.1 Å². The Morgan fingerprint density at radius 3 is 2.38 bits per heavy atom. The molecule has 0 N–H and O–H groups in total. The number of hydrogen-bond acceptors (Lipinski definition) is 6. The lowest BCUT2D eigenvalue weighted by atomic mass is 9.80. The summed E-state index contributed by atoms with van der Waals surface area (Å²) in [5.74, 6) is 1.10. The molecule has 0 saturated heterocycles. The van der Waals surface area contributed by atoms with Crippen molar-refractivity contribution in [1.82, 2.24) is 0 Å². The van der Waals surface area contributed by atoms with E-state index in [9.17, 15) is 25.0 Å². The third-order valence-electron chi connectivity index (χ3n) is 6.28. The molecule has 8 nitrogen and oxygen atoms in total. The van der Waals surface area contributed by atoms with Crippen LogP contribution >= 0.6 is 0 Å². The predicted octanol–water partition coefficient (Wildman–Crippen LogP) is 5.07. The van der Waals surface area contributed by atoms with Crippen LogP contribution in [0.25, 0.3) is 0 Å². The van der Waals surface area contributed by atoms with Crippen molar-refractivity contribution in [1.29, 1.82) is 0 Å². The predicted molar refractivity (Wildman–Crippen MR) is 107 cm³/mol. The molecule has 3 rings (SSSR count). The molecule has 1 saturated carbocycles. The van der Waals surface area contributed by atoms with Crippen LogP contribution in [0.1, 0.15) is 55.8 Å². The molecule has 0 aromatic heterocycles. The Morgan fingerprint density at radius 2 is 1.76 bits per heavy atom. The molecule has 0 unspecified atom stereocenters. The van der Waals surface area contributed by atoms with Crippen LogP contribution in [0.2, 0.25) is 0 Å². The molecule has 0 aliphatic heterocycles. The minimum Gasteiger partial charge on any atom is -0.462 e. The number of nitro benzene ring substituents is 2. The van der Waals surface area contributed by atoms with Crippen LogP contribution in [0.4, 0.5) is 11.4 Å². The number of unbranched alkanes of at least 4 members (excludes halogenated alkanes) is 1. The summed E-state index contributed by atoms with van der Waals surface area (Å²) < 4.78 is 5.53. The normalized spacial score (nSPS) is 25.4. The fourth-order valence-corrected chi connectivity index (χ4v) is 4.84. The van der Waals surface area contributed by atoms with Gasteiger partial charge >= 0.3 is 5.97 Å². The zero-order chi connectivity index (χ0) is 21.0. The Balaban J connectivity index is 1.73. The standard InChI is InChI=1S/C21H26N2O6/c1-2-3-6-15-9-14-7-4-5-8-19(14)20(15)13-29-21(24)16-10-17(22(25)26)12-18(11-16)23(27)28/h4-5,10-12,14-15,19-20H,2-3,6-9,13H2,1H3/t14-,15-,19+,20+/m0/s1. The number of carbonyl (C=O) groups is 1. The summed E-state index contributed by atoms with van der Waals surface area (Å²) in [7, 11) is 0. The van der Waals surface area contributed by atoms with Gasteiger partial charge in [0.1, 0.15) is 0 Å². The first-order valence-electron chi connectivity index (χ1n) is 10.2. The van der Waals surface area contributed by atoms with Crippen LogP contribution in [-0.2, 0) is 4.74 Å². The third kappa shape index (κ3) is 4.81. The lowest BCUT2D eigenvalue weighted by molar-refractivity contribution is -0.394. The number of benzene rings is 1. The van der Waals surface area contributed by atoms with E-state index in [1.165, 1.54) is 0 Å². The van der Waals surface area contributed by atoms with Crippen molar-refractivity contribution in [3.05, 3.63) is 56.1 Å². The van der Waals surface area contributed by atoms with E-state index >= 15 is 0 Å². The number of allylic oxidation sites excluding steroid dienone is 2. The Hall–Kier alpha value is -2.77. The van der Waals surface area contributed by atoms with Gasteiger partial charge in [-0.05, 0) is 42.9 Å². The van der Waals surface area contributed by atoms with Crippen molar-refractivity contribution < 1.29 is 19.4 Å². The average molecular weight is 402 g/mol. The molecular formula is C21H26N2O6. The van der Waals surface area contributed by atoms with Crippen LogP contribution in [0.15, 0.2) is 30.4 Å². The highest BCUT2D eigenvalue weighted by Crippen LogP contribution is 2.49. The van der Waals surface area contributed by atoms with Gasteiger partial charge in [-0.25, -0.2) is 4.79 Å². The second-order valence-corrected chi connectivity index (χ2v) is 8.02. The number of fused-ring (bicyclic) bond motifs is 1. The molecule has 0 spiro atoms. The Bertz CT molecular complexity index is 789. The highest BCUT2D eigenvalue weighted by molar-refractivity contribution is 5.91. The number of non-ortho nitro benzene ring substituents is 2. The summed E-state index contributed by atoms with van der Waals surface area (Å²) in [4.78, 5) is 33.1. The summed E-state index contributed by atoms with van der Waals surface area (Å²) in [6, 6.07) is 2.91. The number of carbonyl (C=O) groups excluding carboxylic acids is 1. The molecule has 0 bridgehead atoms. The van der Waals surface area contributed by atoms with Crippen molar-refractivity contribution >= 4 is 17.3 Å². The number of ether oxygens (including phenoxy) is 1. The van der Waals surface area contributed by atoms with Gasteiger partial charge in [-0.2, -0.15) is 0 Å². The zero-order valence-electron chi connectivity index (χ0n) is 16.5. The van der Waals surface area contributed by atoms with Gasteiger partial charge in [0.2, 0.25) is 0 Å². The molecular weight excluding hydrogens is 376 g/mol. The molecule has 0 heterocycles. The van der Waals surface area contributed by atoms with E-state index in [1.54, 1.807) is 0 Å². The molecule has 0 radical (unpaired) electrons. The van der Waals surface area contributed by atoms with Crippen LogP contribution in [0.5, 0.6) is 0 Å². The van der Waals surface area contributed by atoms with Crippen molar-refractivity contribution in [3.8, 4) is 0 Å². The van der Waals surface area contributed by atoms with E-state index in [1.807, 2.05) is 0 Å². The highest BCUT2D eigenvalue weighted by atomic mass is 16.6. The van der Waals surface area contributed by atoms with Crippen LogP contribution in [0.3, 0.4) is 0 Å². The minimum atomic E-state index is -0.750. The number of nitro groups is 2. The van der Waals surface area contributed by atoms with E-state index < -0.39 is 27.2 Å². The monoisotopic (exact) mass is 402 g/mol. The lowest BCUT2D eigenvalue weighted by Gasteiger charge is -2.27. The second kappa shape index (κ2) is 9.15. The van der Waals surface area contributed by atoms with Crippen LogP contribution < -0.4 is 0 Å². The van der Waals surface area contributed by atoms with Crippen LogP contribution in [-0.4, -0.2) is 22.4 Å². The van der Waals surface area contributed by atoms with Gasteiger partial charge in [-0.3, -0.25) is 20.2 Å². The molecule has 4 atom stereocenters. The minimum absolute atomic E-state index is 0.158. The first kappa shape index (κ1) is 21.0.